The molecule has 0 aliphatic rings. The molecular weight excluding hydrogens is 705 g/mol. The van der Waals surface area contributed by atoms with Crippen LogP contribution in [0.1, 0.15) is 251 Å². The molecule has 1 atom stereocenters. The fourth-order valence-electron chi connectivity index (χ4n) is 7.09. The minimum absolute atomic E-state index is 0.0684. The van der Waals surface area contributed by atoms with E-state index in [0.717, 1.165) is 64.2 Å². The van der Waals surface area contributed by atoms with Gasteiger partial charge in [0, 0.05) is 12.8 Å². The minimum Gasteiger partial charge on any atom is -0.462 e. The number of allylic oxidation sites excluding steroid dienone is 8. The summed E-state index contributed by atoms with van der Waals surface area (Å²) in [6.07, 6.45) is 62.3. The summed E-state index contributed by atoms with van der Waals surface area (Å²) in [6, 6.07) is 0. The molecule has 0 saturated carbocycles. The van der Waals surface area contributed by atoms with Gasteiger partial charge in [0.05, 0.1) is 6.61 Å². The summed E-state index contributed by atoms with van der Waals surface area (Å²) >= 11 is 0. The van der Waals surface area contributed by atoms with Crippen LogP contribution in [-0.2, 0) is 19.1 Å². The van der Waals surface area contributed by atoms with Crippen molar-refractivity contribution in [1.82, 2.24) is 0 Å². The Labute approximate surface area is 354 Å². The standard InChI is InChI=1S/C52H94O5/c1-3-5-7-9-11-13-15-16-17-18-19-20-21-22-23-24-25-26-27-28-29-30-31-32-33-34-35-36-37-39-41-43-45-47-52(55)57-50(48-53)49-56-51(54)46-44-42-40-38-14-12-10-8-6-4-2/h8,10,15-16,18-19,21-22,50,53H,3-7,9,11-14,17,20,23-49H2,1-2H3/b10-8-,16-15-,19-18-,22-21-. The normalized spacial score (nSPS) is 12.5. The van der Waals surface area contributed by atoms with Crippen LogP contribution in [0.2, 0.25) is 0 Å². The third-order valence-electron chi connectivity index (χ3n) is 10.8. The molecule has 0 aliphatic heterocycles. The van der Waals surface area contributed by atoms with E-state index in [9.17, 15) is 14.7 Å². The van der Waals surface area contributed by atoms with E-state index in [-0.39, 0.29) is 25.2 Å². The van der Waals surface area contributed by atoms with E-state index in [4.69, 9.17) is 9.47 Å². The molecule has 0 heterocycles. The maximum atomic E-state index is 12.2. The second-order valence-corrected chi connectivity index (χ2v) is 16.5. The smallest absolute Gasteiger partial charge is 0.306 e. The maximum Gasteiger partial charge on any atom is 0.306 e. The van der Waals surface area contributed by atoms with Gasteiger partial charge in [-0.15, -0.1) is 0 Å². The van der Waals surface area contributed by atoms with Crippen LogP contribution in [0, 0.1) is 0 Å². The van der Waals surface area contributed by atoms with Crippen LogP contribution < -0.4 is 0 Å². The number of carbonyl (C=O) groups excluding carboxylic acids is 2. The van der Waals surface area contributed by atoms with Gasteiger partial charge in [0.15, 0.2) is 6.10 Å². The second-order valence-electron chi connectivity index (χ2n) is 16.5. The number of aliphatic hydroxyl groups is 1. The lowest BCUT2D eigenvalue weighted by Gasteiger charge is -2.15. The van der Waals surface area contributed by atoms with Crippen LogP contribution >= 0.6 is 0 Å². The molecule has 0 bridgehead atoms. The molecule has 0 aromatic heterocycles. The van der Waals surface area contributed by atoms with Gasteiger partial charge < -0.3 is 14.6 Å². The molecule has 0 radical (unpaired) electrons. The highest BCUT2D eigenvalue weighted by molar-refractivity contribution is 5.70. The Morgan fingerprint density at radius 2 is 0.737 bits per heavy atom. The number of rotatable bonds is 45. The van der Waals surface area contributed by atoms with Gasteiger partial charge >= 0.3 is 11.9 Å². The molecule has 1 N–H and O–H groups in total. The number of esters is 2. The number of ether oxygens (including phenoxy) is 2. The Hall–Kier alpha value is -2.14. The van der Waals surface area contributed by atoms with Crippen molar-refractivity contribution in [1.29, 1.82) is 0 Å². The number of carbonyl (C=O) groups is 2. The Morgan fingerprint density at radius 3 is 1.14 bits per heavy atom. The van der Waals surface area contributed by atoms with Crippen LogP contribution in [0.4, 0.5) is 0 Å². The first-order valence-corrected chi connectivity index (χ1v) is 24.7. The average molecular weight is 799 g/mol. The van der Waals surface area contributed by atoms with E-state index in [0.29, 0.717) is 12.8 Å². The summed E-state index contributed by atoms with van der Waals surface area (Å²) < 4.78 is 10.6. The van der Waals surface area contributed by atoms with E-state index in [2.05, 4.69) is 62.5 Å². The molecule has 0 fully saturated rings. The summed E-state index contributed by atoms with van der Waals surface area (Å²) in [6.45, 7) is 4.07. The van der Waals surface area contributed by atoms with Crippen LogP contribution in [-0.4, -0.2) is 36.4 Å². The average Bonchev–Trinajstić information content (AvgIpc) is 3.21. The number of unbranched alkanes of at least 4 members (excludes halogenated alkanes) is 29. The van der Waals surface area contributed by atoms with Gasteiger partial charge in [0.1, 0.15) is 6.61 Å². The van der Waals surface area contributed by atoms with Crippen LogP contribution in [0.25, 0.3) is 0 Å². The van der Waals surface area contributed by atoms with Gasteiger partial charge in [-0.05, 0) is 70.6 Å². The van der Waals surface area contributed by atoms with E-state index < -0.39 is 6.10 Å². The highest BCUT2D eigenvalue weighted by Gasteiger charge is 2.16. The largest absolute Gasteiger partial charge is 0.462 e. The van der Waals surface area contributed by atoms with Crippen molar-refractivity contribution in [3.8, 4) is 0 Å². The lowest BCUT2D eigenvalue weighted by molar-refractivity contribution is -0.161. The maximum absolute atomic E-state index is 12.2. The molecular formula is C52H94O5. The van der Waals surface area contributed by atoms with Crippen LogP contribution in [0.3, 0.4) is 0 Å². The molecule has 0 aliphatic carbocycles. The van der Waals surface area contributed by atoms with Crippen molar-refractivity contribution >= 4 is 11.9 Å². The van der Waals surface area contributed by atoms with Crippen LogP contribution in [0.5, 0.6) is 0 Å². The predicted molar refractivity (Wildman–Crippen MR) is 247 cm³/mol. The molecule has 0 aromatic rings. The van der Waals surface area contributed by atoms with Crippen molar-refractivity contribution in [2.75, 3.05) is 13.2 Å². The fraction of sp³-hybridized carbons (Fsp3) is 0.808. The number of hydrogen-bond donors (Lipinski definition) is 1. The lowest BCUT2D eigenvalue weighted by atomic mass is 10.0. The third kappa shape index (κ3) is 46.4. The SMILES string of the molecule is CCC/C=C\CCCCCCCC(=O)OCC(CO)OC(=O)CCCCCCCCCCCCCCCCCCCC/C=C\C/C=C\C/C=C\CCCCCCC. The molecule has 332 valence electrons. The first kappa shape index (κ1) is 54.9. The van der Waals surface area contributed by atoms with Crippen LogP contribution in [0.15, 0.2) is 48.6 Å². The van der Waals surface area contributed by atoms with E-state index in [1.165, 1.54) is 161 Å². The zero-order valence-corrected chi connectivity index (χ0v) is 37.9. The molecule has 0 amide bonds. The highest BCUT2D eigenvalue weighted by atomic mass is 16.6. The molecule has 0 saturated heterocycles. The fourth-order valence-corrected chi connectivity index (χ4v) is 7.09. The van der Waals surface area contributed by atoms with Gasteiger partial charge in [0.25, 0.3) is 0 Å². The van der Waals surface area contributed by atoms with E-state index in [1.54, 1.807) is 0 Å². The molecule has 5 nitrogen and oxygen atoms in total. The molecule has 0 aromatic carbocycles. The third-order valence-corrected chi connectivity index (χ3v) is 10.8. The number of hydrogen-bond acceptors (Lipinski definition) is 5. The van der Waals surface area contributed by atoms with Gasteiger partial charge in [-0.1, -0.05) is 217 Å². The Balaban J connectivity index is 3.42. The van der Waals surface area contributed by atoms with Gasteiger partial charge in [-0.25, -0.2) is 0 Å². The van der Waals surface area contributed by atoms with Crippen molar-refractivity contribution in [2.45, 2.75) is 258 Å². The molecule has 0 spiro atoms. The predicted octanol–water partition coefficient (Wildman–Crippen LogP) is 16.1. The highest BCUT2D eigenvalue weighted by Crippen LogP contribution is 2.16. The second kappa shape index (κ2) is 48.2. The van der Waals surface area contributed by atoms with Gasteiger partial charge in [-0.2, -0.15) is 0 Å². The summed E-state index contributed by atoms with van der Waals surface area (Å²) in [7, 11) is 0. The molecule has 1 unspecified atom stereocenters. The summed E-state index contributed by atoms with van der Waals surface area (Å²) in [5.74, 6) is -0.597. The Kier molecular flexibility index (Phi) is 46.4. The van der Waals surface area contributed by atoms with Crippen molar-refractivity contribution in [3.63, 3.8) is 0 Å². The monoisotopic (exact) mass is 799 g/mol. The zero-order chi connectivity index (χ0) is 41.4. The Morgan fingerprint density at radius 1 is 0.404 bits per heavy atom. The van der Waals surface area contributed by atoms with E-state index in [1.807, 2.05) is 0 Å². The summed E-state index contributed by atoms with van der Waals surface area (Å²) in [4.78, 5) is 24.3. The summed E-state index contributed by atoms with van der Waals surface area (Å²) in [5.41, 5.74) is 0. The Bertz CT molecular complexity index is 950. The molecule has 0 rings (SSSR count). The molecule has 5 heteroatoms. The van der Waals surface area contributed by atoms with Gasteiger partial charge in [0.2, 0.25) is 0 Å². The zero-order valence-electron chi connectivity index (χ0n) is 37.9. The van der Waals surface area contributed by atoms with Crippen molar-refractivity contribution in [2.24, 2.45) is 0 Å². The summed E-state index contributed by atoms with van der Waals surface area (Å²) in [5, 5.41) is 9.57. The van der Waals surface area contributed by atoms with E-state index >= 15 is 0 Å². The topological polar surface area (TPSA) is 72.8 Å². The van der Waals surface area contributed by atoms with Crippen molar-refractivity contribution in [3.05, 3.63) is 48.6 Å². The quantitative estimate of drug-likeness (QED) is 0.0377. The molecule has 57 heavy (non-hydrogen) atoms. The first-order valence-electron chi connectivity index (χ1n) is 24.7. The number of aliphatic hydroxyl groups excluding tert-OH is 1. The lowest BCUT2D eigenvalue weighted by Crippen LogP contribution is -2.28. The first-order chi connectivity index (χ1) is 28.1. The minimum atomic E-state index is -0.772. The van der Waals surface area contributed by atoms with Gasteiger partial charge in [-0.3, -0.25) is 9.59 Å². The van der Waals surface area contributed by atoms with Crippen molar-refractivity contribution < 1.29 is 24.2 Å².